The van der Waals surface area contributed by atoms with Crippen LogP contribution in [0.15, 0.2) is 6.07 Å². The molecule has 1 aromatic carbocycles. The lowest BCUT2D eigenvalue weighted by Crippen LogP contribution is -2.55. The van der Waals surface area contributed by atoms with Gasteiger partial charge in [0.2, 0.25) is 0 Å². The van der Waals surface area contributed by atoms with Crippen LogP contribution in [0.5, 0.6) is 5.75 Å². The highest BCUT2D eigenvalue weighted by Crippen LogP contribution is 2.37. The largest absolute Gasteiger partial charge is 0.496 e. The van der Waals surface area contributed by atoms with E-state index in [1.807, 2.05) is 0 Å². The predicted molar refractivity (Wildman–Crippen MR) is 75.4 cm³/mol. The third-order valence-electron chi connectivity index (χ3n) is 4.04. The molecule has 0 radical (unpaired) electrons. The molecule has 2 rings (SSSR count). The summed E-state index contributed by atoms with van der Waals surface area (Å²) in [5.74, 6) is 1.03. The Morgan fingerprint density at radius 2 is 1.89 bits per heavy atom. The molecular formula is C15H24N2O. The van der Waals surface area contributed by atoms with E-state index in [1.54, 1.807) is 7.11 Å². The Bertz CT molecular complexity index is 448. The standard InChI is InChI=1S/C15H24N2O/c1-10-8-11(2)13(14(18-5)12(10)3)15(4)9-16-6-7-17-15/h8,16-17H,6-7,9H2,1-5H3. The summed E-state index contributed by atoms with van der Waals surface area (Å²) in [6, 6.07) is 2.26. The molecule has 0 amide bonds. The summed E-state index contributed by atoms with van der Waals surface area (Å²) in [6.45, 7) is 11.7. The first kappa shape index (κ1) is 13.4. The van der Waals surface area contributed by atoms with Crippen LogP contribution in [0, 0.1) is 20.8 Å². The van der Waals surface area contributed by atoms with Crippen molar-refractivity contribution in [1.82, 2.24) is 10.6 Å². The number of nitrogens with one attached hydrogen (secondary N) is 2. The van der Waals surface area contributed by atoms with Crippen molar-refractivity contribution < 1.29 is 4.74 Å². The Balaban J connectivity index is 2.58. The number of aryl methyl sites for hydroxylation is 2. The lowest BCUT2D eigenvalue weighted by atomic mass is 9.84. The average Bonchev–Trinajstić information content (AvgIpc) is 2.34. The van der Waals surface area contributed by atoms with Gasteiger partial charge in [0.1, 0.15) is 5.75 Å². The van der Waals surface area contributed by atoms with Crippen LogP contribution in [0.4, 0.5) is 0 Å². The normalized spacial score (nSPS) is 24.1. The van der Waals surface area contributed by atoms with E-state index >= 15 is 0 Å². The van der Waals surface area contributed by atoms with Crippen LogP contribution in [-0.4, -0.2) is 26.7 Å². The second-order valence-corrected chi connectivity index (χ2v) is 5.48. The van der Waals surface area contributed by atoms with Gasteiger partial charge >= 0.3 is 0 Å². The first-order chi connectivity index (χ1) is 8.49. The number of methoxy groups -OCH3 is 1. The van der Waals surface area contributed by atoms with E-state index in [1.165, 1.54) is 22.3 Å². The Kier molecular flexibility index (Phi) is 3.64. The third-order valence-corrected chi connectivity index (χ3v) is 4.04. The van der Waals surface area contributed by atoms with Gasteiger partial charge in [0.05, 0.1) is 12.6 Å². The maximum atomic E-state index is 5.69. The Hall–Kier alpha value is -1.06. The van der Waals surface area contributed by atoms with E-state index in [0.717, 1.165) is 25.4 Å². The van der Waals surface area contributed by atoms with Gasteiger partial charge in [-0.2, -0.15) is 0 Å². The zero-order valence-electron chi connectivity index (χ0n) is 12.1. The zero-order valence-corrected chi connectivity index (χ0v) is 12.1. The van der Waals surface area contributed by atoms with E-state index in [2.05, 4.69) is 44.4 Å². The molecule has 0 saturated carbocycles. The van der Waals surface area contributed by atoms with Crippen LogP contribution >= 0.6 is 0 Å². The quantitative estimate of drug-likeness (QED) is 0.840. The van der Waals surface area contributed by atoms with Crippen LogP contribution in [0.1, 0.15) is 29.2 Å². The van der Waals surface area contributed by atoms with Gasteiger partial charge in [0.25, 0.3) is 0 Å². The Morgan fingerprint density at radius 1 is 1.17 bits per heavy atom. The van der Waals surface area contributed by atoms with Gasteiger partial charge in [-0.1, -0.05) is 6.07 Å². The van der Waals surface area contributed by atoms with Gasteiger partial charge in [0.15, 0.2) is 0 Å². The zero-order chi connectivity index (χ0) is 13.3. The molecule has 0 aliphatic carbocycles. The van der Waals surface area contributed by atoms with E-state index < -0.39 is 0 Å². The number of piperazine rings is 1. The molecule has 100 valence electrons. The molecule has 1 atom stereocenters. The lowest BCUT2D eigenvalue weighted by molar-refractivity contribution is 0.287. The molecule has 1 aliphatic rings. The summed E-state index contributed by atoms with van der Waals surface area (Å²) in [6.07, 6.45) is 0. The van der Waals surface area contributed by atoms with E-state index in [-0.39, 0.29) is 5.54 Å². The van der Waals surface area contributed by atoms with Gasteiger partial charge in [0, 0.05) is 25.2 Å². The molecule has 3 heteroatoms. The number of rotatable bonds is 2. The molecule has 3 nitrogen and oxygen atoms in total. The van der Waals surface area contributed by atoms with Crippen molar-refractivity contribution in [3.8, 4) is 5.75 Å². The Labute approximate surface area is 110 Å². The summed E-state index contributed by atoms with van der Waals surface area (Å²) in [4.78, 5) is 0. The molecule has 1 aliphatic heterocycles. The second-order valence-electron chi connectivity index (χ2n) is 5.48. The van der Waals surface area contributed by atoms with Crippen molar-refractivity contribution >= 4 is 0 Å². The fraction of sp³-hybridized carbons (Fsp3) is 0.600. The topological polar surface area (TPSA) is 33.3 Å². The first-order valence-corrected chi connectivity index (χ1v) is 6.60. The van der Waals surface area contributed by atoms with Crippen molar-refractivity contribution in [2.24, 2.45) is 0 Å². The smallest absolute Gasteiger partial charge is 0.127 e. The first-order valence-electron chi connectivity index (χ1n) is 6.60. The van der Waals surface area contributed by atoms with E-state index in [0.29, 0.717) is 0 Å². The maximum Gasteiger partial charge on any atom is 0.127 e. The van der Waals surface area contributed by atoms with Crippen molar-refractivity contribution in [3.63, 3.8) is 0 Å². The molecule has 0 bridgehead atoms. The summed E-state index contributed by atoms with van der Waals surface area (Å²) in [7, 11) is 1.77. The summed E-state index contributed by atoms with van der Waals surface area (Å²) in [5.41, 5.74) is 5.08. The Morgan fingerprint density at radius 3 is 2.44 bits per heavy atom. The fourth-order valence-electron chi connectivity index (χ4n) is 3.00. The number of ether oxygens (including phenoxy) is 1. The minimum absolute atomic E-state index is 0.0495. The SMILES string of the molecule is COc1c(C)c(C)cc(C)c1C1(C)CNCCN1. The van der Waals surface area contributed by atoms with Gasteiger partial charge in [-0.15, -0.1) is 0 Å². The highest BCUT2D eigenvalue weighted by molar-refractivity contribution is 5.53. The predicted octanol–water partition coefficient (Wildman–Crippen LogP) is 2.03. The van der Waals surface area contributed by atoms with Crippen LogP contribution in [-0.2, 0) is 5.54 Å². The molecular weight excluding hydrogens is 224 g/mol. The van der Waals surface area contributed by atoms with Crippen LogP contribution in [0.3, 0.4) is 0 Å². The molecule has 1 unspecified atom stereocenters. The average molecular weight is 248 g/mol. The van der Waals surface area contributed by atoms with Crippen molar-refractivity contribution in [3.05, 3.63) is 28.3 Å². The highest BCUT2D eigenvalue weighted by atomic mass is 16.5. The molecule has 0 aromatic heterocycles. The van der Waals surface area contributed by atoms with Crippen molar-refractivity contribution in [2.75, 3.05) is 26.7 Å². The molecule has 0 spiro atoms. The number of hydrogen-bond donors (Lipinski definition) is 2. The third kappa shape index (κ3) is 2.13. The van der Waals surface area contributed by atoms with Gasteiger partial charge in [-0.3, -0.25) is 0 Å². The molecule has 1 saturated heterocycles. The summed E-state index contributed by atoms with van der Waals surface area (Å²) >= 11 is 0. The van der Waals surface area contributed by atoms with Crippen LogP contribution < -0.4 is 15.4 Å². The van der Waals surface area contributed by atoms with Gasteiger partial charge in [-0.05, 0) is 44.4 Å². The molecule has 1 fully saturated rings. The molecule has 18 heavy (non-hydrogen) atoms. The molecule has 1 heterocycles. The lowest BCUT2D eigenvalue weighted by Gasteiger charge is -2.38. The van der Waals surface area contributed by atoms with Gasteiger partial charge < -0.3 is 15.4 Å². The maximum absolute atomic E-state index is 5.69. The number of benzene rings is 1. The second kappa shape index (κ2) is 4.90. The van der Waals surface area contributed by atoms with Crippen molar-refractivity contribution in [1.29, 1.82) is 0 Å². The monoisotopic (exact) mass is 248 g/mol. The summed E-state index contributed by atoms with van der Waals surface area (Å²) < 4.78 is 5.69. The molecule has 2 N–H and O–H groups in total. The summed E-state index contributed by atoms with van der Waals surface area (Å²) in [5, 5.41) is 7.10. The number of hydrogen-bond acceptors (Lipinski definition) is 3. The fourth-order valence-corrected chi connectivity index (χ4v) is 3.00. The van der Waals surface area contributed by atoms with Crippen LogP contribution in [0.2, 0.25) is 0 Å². The minimum atomic E-state index is -0.0495. The van der Waals surface area contributed by atoms with Crippen molar-refractivity contribution in [2.45, 2.75) is 33.2 Å². The highest BCUT2D eigenvalue weighted by Gasteiger charge is 2.33. The van der Waals surface area contributed by atoms with E-state index in [9.17, 15) is 0 Å². The van der Waals surface area contributed by atoms with Gasteiger partial charge in [-0.25, -0.2) is 0 Å². The molecule has 1 aromatic rings. The van der Waals surface area contributed by atoms with Crippen LogP contribution in [0.25, 0.3) is 0 Å². The minimum Gasteiger partial charge on any atom is -0.496 e. The van der Waals surface area contributed by atoms with E-state index in [4.69, 9.17) is 4.74 Å².